The summed E-state index contributed by atoms with van der Waals surface area (Å²) < 4.78 is 5.30. The molecular formula is C25H31N3O7S. The topological polar surface area (TPSA) is 171 Å². The molecule has 2 aromatic rings. The van der Waals surface area contributed by atoms with Crippen molar-refractivity contribution in [2.45, 2.75) is 54.1 Å². The van der Waals surface area contributed by atoms with Gasteiger partial charge in [0, 0.05) is 24.2 Å². The second-order valence-corrected chi connectivity index (χ2v) is 9.64. The summed E-state index contributed by atoms with van der Waals surface area (Å²) in [5.74, 6) is -2.03. The Kier molecular flexibility index (Phi) is 8.96. The van der Waals surface area contributed by atoms with E-state index in [-0.39, 0.29) is 12.0 Å². The summed E-state index contributed by atoms with van der Waals surface area (Å²) in [6, 6.07) is 11.6. The molecule has 0 heterocycles. The van der Waals surface area contributed by atoms with Crippen molar-refractivity contribution in [2.75, 3.05) is 13.4 Å². The normalized spacial score (nSPS) is 24.4. The number of rotatable bonds is 9. The molecule has 10 nitrogen and oxygen atoms in total. The van der Waals surface area contributed by atoms with Crippen LogP contribution in [0.25, 0.3) is 0 Å². The van der Waals surface area contributed by atoms with Gasteiger partial charge in [-0.25, -0.2) is 0 Å². The van der Waals surface area contributed by atoms with E-state index in [2.05, 4.69) is 10.6 Å². The van der Waals surface area contributed by atoms with Gasteiger partial charge in [0.2, 0.25) is 5.91 Å². The molecule has 0 aromatic heterocycles. The average molecular weight is 518 g/mol. The number of primary amides is 1. The number of methoxy groups -OCH3 is 1. The number of carbonyl (C=O) groups is 3. The van der Waals surface area contributed by atoms with E-state index in [0.29, 0.717) is 5.75 Å². The molecule has 0 radical (unpaired) electrons. The summed E-state index contributed by atoms with van der Waals surface area (Å²) >= 11 is 1.47. The molecule has 3 amide bonds. The van der Waals surface area contributed by atoms with E-state index in [0.717, 1.165) is 10.5 Å². The van der Waals surface area contributed by atoms with Crippen molar-refractivity contribution in [3.05, 3.63) is 59.7 Å². The van der Waals surface area contributed by atoms with E-state index in [1.54, 1.807) is 48.5 Å². The molecule has 0 unspecified atom stereocenters. The van der Waals surface area contributed by atoms with E-state index in [9.17, 15) is 29.7 Å². The average Bonchev–Trinajstić information content (AvgIpc) is 2.86. The van der Waals surface area contributed by atoms with Gasteiger partial charge in [0.1, 0.15) is 23.5 Å². The highest BCUT2D eigenvalue weighted by atomic mass is 32.2. The molecule has 1 fully saturated rings. The van der Waals surface area contributed by atoms with Crippen molar-refractivity contribution in [3.63, 3.8) is 0 Å². The molecule has 0 bridgehead atoms. The highest BCUT2D eigenvalue weighted by molar-refractivity contribution is 7.98. The van der Waals surface area contributed by atoms with Crippen LogP contribution in [-0.4, -0.2) is 76.3 Å². The first-order chi connectivity index (χ1) is 17.1. The number of carbonyl (C=O) groups excluding carboxylic acids is 3. The molecule has 0 spiro atoms. The lowest BCUT2D eigenvalue weighted by molar-refractivity contribution is -0.159. The van der Waals surface area contributed by atoms with Gasteiger partial charge in [-0.1, -0.05) is 30.3 Å². The van der Waals surface area contributed by atoms with Crippen molar-refractivity contribution in [2.24, 2.45) is 5.73 Å². The van der Waals surface area contributed by atoms with Crippen LogP contribution in [0.5, 0.6) is 5.75 Å². The summed E-state index contributed by atoms with van der Waals surface area (Å²) in [5, 5.41) is 37.1. The number of aliphatic hydroxyl groups excluding tert-OH is 2. The lowest BCUT2D eigenvalue weighted by Gasteiger charge is -2.41. The first kappa shape index (κ1) is 27.5. The molecule has 0 aliphatic heterocycles. The van der Waals surface area contributed by atoms with Crippen molar-refractivity contribution in [1.29, 1.82) is 0 Å². The van der Waals surface area contributed by atoms with Gasteiger partial charge in [-0.05, 0) is 30.0 Å². The number of nitrogens with two attached hydrogens (primary N) is 1. The van der Waals surface area contributed by atoms with Crippen molar-refractivity contribution < 1.29 is 34.4 Å². The molecule has 3 rings (SSSR count). The number of aliphatic hydroxyl groups is 3. The van der Waals surface area contributed by atoms with Gasteiger partial charge in [-0.2, -0.15) is 0 Å². The molecule has 1 aliphatic rings. The molecule has 11 heteroatoms. The fourth-order valence-corrected chi connectivity index (χ4v) is 4.65. The lowest BCUT2D eigenvalue weighted by Crippen LogP contribution is -2.64. The number of thioether (sulfide) groups is 1. The van der Waals surface area contributed by atoms with Crippen LogP contribution < -0.4 is 21.1 Å². The quantitative estimate of drug-likeness (QED) is 0.252. The number of hydrogen-bond acceptors (Lipinski definition) is 8. The standard InChI is InChI=1S/C25H31N3O7S/c1-35-20-11-15(36-2)8-9-16(20)23(32)27-18-12-25(34,13-19(29)21(18)30)24(33)28-17(22(26)31)10-14-6-4-3-5-7-14/h3-9,11,17-19,21,29-30,34H,10,12-13H2,1-2H3,(H2,26,31)(H,27,32)(H,28,33)/t17-,18+,19-,21-,25+/m1/s1. The minimum Gasteiger partial charge on any atom is -0.496 e. The monoisotopic (exact) mass is 517 g/mol. The molecule has 2 aromatic carbocycles. The Balaban J connectivity index is 1.76. The van der Waals surface area contributed by atoms with Gasteiger partial charge < -0.3 is 36.4 Å². The van der Waals surface area contributed by atoms with E-state index < -0.39 is 60.5 Å². The van der Waals surface area contributed by atoms with E-state index >= 15 is 0 Å². The van der Waals surface area contributed by atoms with Gasteiger partial charge in [-0.3, -0.25) is 14.4 Å². The zero-order valence-electron chi connectivity index (χ0n) is 20.0. The third-order valence-electron chi connectivity index (χ3n) is 6.23. The highest BCUT2D eigenvalue weighted by Crippen LogP contribution is 2.31. The first-order valence-electron chi connectivity index (χ1n) is 11.3. The summed E-state index contributed by atoms with van der Waals surface area (Å²) in [7, 11) is 1.42. The Bertz CT molecular complexity index is 1100. The fraction of sp³-hybridized carbons (Fsp3) is 0.400. The van der Waals surface area contributed by atoms with Gasteiger partial charge >= 0.3 is 0 Å². The highest BCUT2D eigenvalue weighted by Gasteiger charge is 2.49. The van der Waals surface area contributed by atoms with Crippen molar-refractivity contribution in [1.82, 2.24) is 10.6 Å². The Labute approximate surface area is 213 Å². The Morgan fingerprint density at radius 1 is 1.17 bits per heavy atom. The molecule has 1 saturated carbocycles. The van der Waals surface area contributed by atoms with Crippen molar-refractivity contribution >= 4 is 29.5 Å². The van der Waals surface area contributed by atoms with E-state index in [1.165, 1.54) is 18.9 Å². The number of nitrogens with one attached hydrogen (secondary N) is 2. The Morgan fingerprint density at radius 2 is 1.86 bits per heavy atom. The van der Waals surface area contributed by atoms with Crippen LogP contribution in [0.2, 0.25) is 0 Å². The van der Waals surface area contributed by atoms with Crippen LogP contribution in [0, 0.1) is 0 Å². The van der Waals surface area contributed by atoms with Crippen LogP contribution in [0.3, 0.4) is 0 Å². The third-order valence-corrected chi connectivity index (χ3v) is 6.96. The van der Waals surface area contributed by atoms with Crippen LogP contribution in [0.4, 0.5) is 0 Å². The smallest absolute Gasteiger partial charge is 0.255 e. The van der Waals surface area contributed by atoms with Gasteiger partial charge in [0.25, 0.3) is 11.8 Å². The summed E-state index contributed by atoms with van der Waals surface area (Å²) in [5.41, 5.74) is 4.23. The molecule has 7 N–H and O–H groups in total. The van der Waals surface area contributed by atoms with Gasteiger partial charge in [0.05, 0.1) is 24.8 Å². The molecule has 5 atom stereocenters. The lowest BCUT2D eigenvalue weighted by atomic mass is 9.77. The van der Waals surface area contributed by atoms with Crippen LogP contribution in [0.1, 0.15) is 28.8 Å². The maximum Gasteiger partial charge on any atom is 0.255 e. The maximum absolute atomic E-state index is 13.1. The molecular weight excluding hydrogens is 486 g/mol. The zero-order valence-corrected chi connectivity index (χ0v) is 20.8. The number of hydrogen-bond donors (Lipinski definition) is 6. The van der Waals surface area contributed by atoms with E-state index in [1.807, 2.05) is 6.26 Å². The minimum absolute atomic E-state index is 0.106. The molecule has 0 saturated heterocycles. The maximum atomic E-state index is 13.1. The summed E-state index contributed by atoms with van der Waals surface area (Å²) in [4.78, 5) is 38.9. The summed E-state index contributed by atoms with van der Waals surface area (Å²) in [6.07, 6.45) is -1.85. The first-order valence-corrected chi connectivity index (χ1v) is 12.6. The van der Waals surface area contributed by atoms with Gasteiger partial charge in [0.15, 0.2) is 0 Å². The second-order valence-electron chi connectivity index (χ2n) is 8.76. The minimum atomic E-state index is -2.17. The van der Waals surface area contributed by atoms with Crippen LogP contribution >= 0.6 is 11.8 Å². The predicted octanol–water partition coefficient (Wildman–Crippen LogP) is -0.0250. The van der Waals surface area contributed by atoms with E-state index in [4.69, 9.17) is 10.5 Å². The Morgan fingerprint density at radius 3 is 2.47 bits per heavy atom. The number of benzene rings is 2. The molecule has 194 valence electrons. The third kappa shape index (κ3) is 6.35. The predicted molar refractivity (Wildman–Crippen MR) is 133 cm³/mol. The Hall–Kier alpha value is -3.12. The van der Waals surface area contributed by atoms with Crippen LogP contribution in [-0.2, 0) is 16.0 Å². The van der Waals surface area contributed by atoms with Crippen LogP contribution in [0.15, 0.2) is 53.4 Å². The largest absolute Gasteiger partial charge is 0.496 e. The van der Waals surface area contributed by atoms with Gasteiger partial charge in [-0.15, -0.1) is 11.8 Å². The van der Waals surface area contributed by atoms with Crippen molar-refractivity contribution in [3.8, 4) is 5.75 Å². The SMILES string of the molecule is COc1cc(SC)ccc1C(=O)N[C@H]1C[C@@](O)(C(=O)N[C@H](Cc2ccccc2)C(N)=O)C[C@@H](O)[C@@H]1O. The fourth-order valence-electron chi connectivity index (χ4n) is 4.22. The zero-order chi connectivity index (χ0) is 26.5. The molecule has 1 aliphatic carbocycles. The second kappa shape index (κ2) is 11.7. The summed E-state index contributed by atoms with van der Waals surface area (Å²) in [6.45, 7) is 0. The number of amides is 3. The number of ether oxygens (including phenoxy) is 1. The molecule has 36 heavy (non-hydrogen) atoms.